The van der Waals surface area contributed by atoms with Crippen LogP contribution in [0.1, 0.15) is 5.56 Å². The van der Waals surface area contributed by atoms with Gasteiger partial charge in [0.25, 0.3) is 0 Å². The van der Waals surface area contributed by atoms with E-state index in [0.29, 0.717) is 11.3 Å². The van der Waals surface area contributed by atoms with Crippen LogP contribution in [-0.2, 0) is 10.0 Å². The summed E-state index contributed by atoms with van der Waals surface area (Å²) in [6, 6.07) is 6.59. The van der Waals surface area contributed by atoms with Crippen molar-refractivity contribution < 1.29 is 8.42 Å². The van der Waals surface area contributed by atoms with Crippen molar-refractivity contribution in [2.75, 3.05) is 23.7 Å². The molecule has 0 saturated carbocycles. The molecule has 1 aromatic rings. The number of nitrogens with zero attached hydrogens (tertiary/aromatic N) is 3. The molecular weight excluding hydrogens is 266 g/mol. The summed E-state index contributed by atoms with van der Waals surface area (Å²) in [6.07, 6.45) is 0. The first-order valence-corrected chi connectivity index (χ1v) is 6.77. The van der Waals surface area contributed by atoms with Gasteiger partial charge < -0.3 is 10.6 Å². The summed E-state index contributed by atoms with van der Waals surface area (Å²) in [6.45, 7) is 1.44. The molecule has 7 nitrogen and oxygen atoms in total. The molecule has 4 N–H and O–H groups in total. The molecule has 1 aromatic carbocycles. The third-order valence-electron chi connectivity index (χ3n) is 2.53. The van der Waals surface area contributed by atoms with Gasteiger partial charge in [0.2, 0.25) is 10.0 Å². The standard InChI is InChI=1S/C11H13N5O2S/c1-8-10(16(4-2-12)5-3-13)6-9(14)7-11(8)19(15,17)18/h6-7H,4-5,14H2,1H3,(H2,15,17,18). The van der Waals surface area contributed by atoms with Gasteiger partial charge in [-0.1, -0.05) is 0 Å². The number of nitriles is 2. The van der Waals surface area contributed by atoms with Crippen LogP contribution in [0.4, 0.5) is 11.4 Å². The highest BCUT2D eigenvalue weighted by Crippen LogP contribution is 2.28. The molecule has 0 aliphatic heterocycles. The second-order valence-corrected chi connectivity index (χ2v) is 5.41. The van der Waals surface area contributed by atoms with E-state index in [4.69, 9.17) is 21.4 Å². The second kappa shape index (κ2) is 5.57. The zero-order chi connectivity index (χ0) is 14.6. The van der Waals surface area contributed by atoms with Crippen LogP contribution in [-0.4, -0.2) is 21.5 Å². The molecule has 0 spiro atoms. The van der Waals surface area contributed by atoms with E-state index < -0.39 is 10.0 Å². The Morgan fingerprint density at radius 3 is 2.21 bits per heavy atom. The van der Waals surface area contributed by atoms with Gasteiger partial charge in [0.15, 0.2) is 0 Å². The average Bonchev–Trinajstić information content (AvgIpc) is 2.30. The fourth-order valence-electron chi connectivity index (χ4n) is 1.71. The molecule has 0 radical (unpaired) electrons. The van der Waals surface area contributed by atoms with Crippen LogP contribution in [0, 0.1) is 29.6 Å². The summed E-state index contributed by atoms with van der Waals surface area (Å²) < 4.78 is 22.9. The third kappa shape index (κ3) is 3.35. The number of sulfonamides is 1. The number of nitrogens with two attached hydrogens (primary N) is 2. The van der Waals surface area contributed by atoms with E-state index in [0.717, 1.165) is 0 Å². The lowest BCUT2D eigenvalue weighted by molar-refractivity contribution is 0.597. The minimum atomic E-state index is -3.91. The molecule has 0 amide bonds. The number of hydrogen-bond donors (Lipinski definition) is 2. The van der Waals surface area contributed by atoms with Crippen LogP contribution in [0.25, 0.3) is 0 Å². The van der Waals surface area contributed by atoms with Crippen LogP contribution in [0.3, 0.4) is 0 Å². The van der Waals surface area contributed by atoms with Gasteiger partial charge in [-0.2, -0.15) is 10.5 Å². The Kier molecular flexibility index (Phi) is 4.33. The first-order valence-electron chi connectivity index (χ1n) is 5.23. The van der Waals surface area contributed by atoms with Gasteiger partial charge in [-0.05, 0) is 24.6 Å². The SMILES string of the molecule is Cc1c(N(CC#N)CC#N)cc(N)cc1S(N)(=O)=O. The summed E-state index contributed by atoms with van der Waals surface area (Å²) in [5.74, 6) is 0. The predicted molar refractivity (Wildman–Crippen MR) is 70.4 cm³/mol. The van der Waals surface area contributed by atoms with Crippen LogP contribution >= 0.6 is 0 Å². The Morgan fingerprint density at radius 1 is 1.26 bits per heavy atom. The van der Waals surface area contributed by atoms with E-state index in [9.17, 15) is 8.42 Å². The number of hydrogen-bond acceptors (Lipinski definition) is 6. The molecular formula is C11H13N5O2S. The van der Waals surface area contributed by atoms with E-state index in [-0.39, 0.29) is 23.7 Å². The van der Waals surface area contributed by atoms with Gasteiger partial charge in [-0.15, -0.1) is 0 Å². The van der Waals surface area contributed by atoms with E-state index >= 15 is 0 Å². The zero-order valence-corrected chi connectivity index (χ0v) is 11.1. The van der Waals surface area contributed by atoms with Crippen molar-refractivity contribution in [1.29, 1.82) is 10.5 Å². The van der Waals surface area contributed by atoms with Crippen molar-refractivity contribution in [2.24, 2.45) is 5.14 Å². The molecule has 0 unspecified atom stereocenters. The average molecular weight is 279 g/mol. The Morgan fingerprint density at radius 2 is 1.79 bits per heavy atom. The smallest absolute Gasteiger partial charge is 0.238 e. The minimum absolute atomic E-state index is 0.0537. The lowest BCUT2D eigenvalue weighted by Gasteiger charge is -2.22. The van der Waals surface area contributed by atoms with Gasteiger partial charge in [-0.25, -0.2) is 13.6 Å². The first kappa shape index (κ1) is 14.8. The molecule has 0 heterocycles. The van der Waals surface area contributed by atoms with Crippen molar-refractivity contribution >= 4 is 21.4 Å². The molecule has 19 heavy (non-hydrogen) atoms. The van der Waals surface area contributed by atoms with Crippen molar-refractivity contribution in [2.45, 2.75) is 11.8 Å². The van der Waals surface area contributed by atoms with E-state index in [2.05, 4.69) is 0 Å². The van der Waals surface area contributed by atoms with Crippen molar-refractivity contribution in [1.82, 2.24) is 0 Å². The second-order valence-electron chi connectivity index (χ2n) is 3.88. The minimum Gasteiger partial charge on any atom is -0.399 e. The normalized spacial score (nSPS) is 10.5. The molecule has 8 heteroatoms. The topological polar surface area (TPSA) is 137 Å². The molecule has 0 atom stereocenters. The molecule has 0 bridgehead atoms. The largest absolute Gasteiger partial charge is 0.399 e. The predicted octanol–water partition coefficient (Wildman–Crippen LogP) is 0.0782. The summed E-state index contributed by atoms with van der Waals surface area (Å²) in [7, 11) is -3.91. The quantitative estimate of drug-likeness (QED) is 0.591. The maximum absolute atomic E-state index is 11.5. The van der Waals surface area contributed by atoms with Crippen LogP contribution < -0.4 is 15.8 Å². The molecule has 100 valence electrons. The Balaban J connectivity index is 3.49. The maximum atomic E-state index is 11.5. The van der Waals surface area contributed by atoms with Gasteiger partial charge in [-0.3, -0.25) is 0 Å². The van der Waals surface area contributed by atoms with E-state index in [1.54, 1.807) is 6.92 Å². The summed E-state index contributed by atoms with van der Waals surface area (Å²) in [4.78, 5) is 1.32. The fourth-order valence-corrected chi connectivity index (χ4v) is 2.55. The van der Waals surface area contributed by atoms with Crippen molar-refractivity contribution in [3.05, 3.63) is 17.7 Å². The lowest BCUT2D eigenvalue weighted by atomic mass is 10.1. The molecule has 0 fully saturated rings. The number of rotatable bonds is 4. The zero-order valence-electron chi connectivity index (χ0n) is 10.3. The molecule has 1 rings (SSSR count). The van der Waals surface area contributed by atoms with Gasteiger partial charge in [0.05, 0.1) is 17.0 Å². The monoisotopic (exact) mass is 279 g/mol. The fraction of sp³-hybridized carbons (Fsp3) is 0.273. The summed E-state index contributed by atoms with van der Waals surface area (Å²) >= 11 is 0. The highest BCUT2D eigenvalue weighted by molar-refractivity contribution is 7.89. The Labute approximate surface area is 111 Å². The van der Waals surface area contributed by atoms with Crippen LogP contribution in [0.15, 0.2) is 17.0 Å². The van der Waals surface area contributed by atoms with Gasteiger partial charge in [0.1, 0.15) is 13.1 Å². The Bertz CT molecular complexity index is 654. The number of benzene rings is 1. The molecule has 0 aromatic heterocycles. The molecule has 0 aliphatic rings. The summed E-state index contributed by atoms with van der Waals surface area (Å²) in [5, 5.41) is 22.6. The van der Waals surface area contributed by atoms with Gasteiger partial charge in [0, 0.05) is 11.4 Å². The number of nitrogen functional groups attached to an aromatic ring is 1. The van der Waals surface area contributed by atoms with E-state index in [1.165, 1.54) is 17.0 Å². The van der Waals surface area contributed by atoms with Crippen molar-refractivity contribution in [3.63, 3.8) is 0 Å². The lowest BCUT2D eigenvalue weighted by Crippen LogP contribution is -2.26. The van der Waals surface area contributed by atoms with Crippen LogP contribution in [0.5, 0.6) is 0 Å². The van der Waals surface area contributed by atoms with E-state index in [1.807, 2.05) is 12.1 Å². The Hall–Kier alpha value is -2.29. The van der Waals surface area contributed by atoms with Crippen molar-refractivity contribution in [3.8, 4) is 12.1 Å². The van der Waals surface area contributed by atoms with Gasteiger partial charge >= 0.3 is 0 Å². The van der Waals surface area contributed by atoms with Crippen LogP contribution in [0.2, 0.25) is 0 Å². The summed E-state index contributed by atoms with van der Waals surface area (Å²) in [5.41, 5.74) is 6.61. The third-order valence-corrected chi connectivity index (χ3v) is 3.56. The first-order chi connectivity index (χ1) is 8.81. The number of anilines is 2. The molecule has 0 aliphatic carbocycles. The molecule has 0 saturated heterocycles. The number of primary sulfonamides is 1. The highest BCUT2D eigenvalue weighted by atomic mass is 32.2. The highest BCUT2D eigenvalue weighted by Gasteiger charge is 2.18. The maximum Gasteiger partial charge on any atom is 0.238 e.